The Morgan fingerprint density at radius 3 is 2.33 bits per heavy atom. The van der Waals surface area contributed by atoms with E-state index in [1.165, 1.54) is 17.3 Å². The smallest absolute Gasteiger partial charge is 0.237 e. The summed E-state index contributed by atoms with van der Waals surface area (Å²) in [5.74, 6) is 1.26. The van der Waals surface area contributed by atoms with Crippen molar-refractivity contribution in [1.29, 1.82) is 0 Å². The molecule has 1 heterocycles. The van der Waals surface area contributed by atoms with Crippen LogP contribution in [0.3, 0.4) is 0 Å². The van der Waals surface area contributed by atoms with Crippen LogP contribution in [0.2, 0.25) is 5.02 Å². The van der Waals surface area contributed by atoms with Crippen LogP contribution in [0.25, 0.3) is 17.1 Å². The van der Waals surface area contributed by atoms with Crippen LogP contribution in [0.1, 0.15) is 25.3 Å². The Hall–Kier alpha value is -3.09. The van der Waals surface area contributed by atoms with Crippen molar-refractivity contribution in [3.05, 3.63) is 89.4 Å². The molecule has 0 bridgehead atoms. The fourth-order valence-corrected chi connectivity index (χ4v) is 4.55. The first-order valence-corrected chi connectivity index (χ1v) is 12.1. The summed E-state index contributed by atoms with van der Waals surface area (Å²) >= 11 is 7.49. The number of halogens is 1. The molecule has 33 heavy (non-hydrogen) atoms. The summed E-state index contributed by atoms with van der Waals surface area (Å²) in [4.78, 5) is 14.5. The second-order valence-electron chi connectivity index (χ2n) is 7.94. The number of para-hydroxylation sites is 2. The number of benzene rings is 3. The Labute approximate surface area is 203 Å². The van der Waals surface area contributed by atoms with Gasteiger partial charge in [0.1, 0.15) is 0 Å². The van der Waals surface area contributed by atoms with E-state index >= 15 is 0 Å². The van der Waals surface area contributed by atoms with Gasteiger partial charge in [0, 0.05) is 23.3 Å². The lowest BCUT2D eigenvalue weighted by Crippen LogP contribution is -2.27. The number of aromatic nitrogens is 3. The van der Waals surface area contributed by atoms with E-state index in [1.807, 2.05) is 71.3 Å². The van der Waals surface area contributed by atoms with E-state index in [0.717, 1.165) is 16.9 Å². The van der Waals surface area contributed by atoms with Crippen molar-refractivity contribution in [2.45, 2.75) is 24.9 Å². The predicted octanol–water partition coefficient (Wildman–Crippen LogP) is 6.47. The molecule has 0 saturated heterocycles. The van der Waals surface area contributed by atoms with Gasteiger partial charge in [0.05, 0.1) is 11.4 Å². The van der Waals surface area contributed by atoms with Gasteiger partial charge in [-0.05, 0) is 53.9 Å². The molecule has 0 spiro atoms. The molecule has 7 heteroatoms. The summed E-state index contributed by atoms with van der Waals surface area (Å²) in [5, 5.41) is 10.3. The van der Waals surface area contributed by atoms with Gasteiger partial charge in [-0.1, -0.05) is 73.6 Å². The van der Waals surface area contributed by atoms with Gasteiger partial charge in [-0.3, -0.25) is 9.36 Å². The molecule has 5 nitrogen and oxygen atoms in total. The predicted molar refractivity (Wildman–Crippen MR) is 136 cm³/mol. The molecule has 3 aromatic carbocycles. The van der Waals surface area contributed by atoms with Gasteiger partial charge in [-0.25, -0.2) is 0 Å². The zero-order chi connectivity index (χ0) is 23.4. The molecular weight excluding hydrogens is 452 g/mol. The summed E-state index contributed by atoms with van der Waals surface area (Å²) < 4.78 is 2.04. The molecule has 0 atom stereocenters. The van der Waals surface area contributed by atoms with Crippen molar-refractivity contribution in [3.8, 4) is 17.1 Å². The van der Waals surface area contributed by atoms with Gasteiger partial charge in [0.25, 0.3) is 0 Å². The second kappa shape index (κ2) is 10.2. The Morgan fingerprint density at radius 2 is 1.64 bits per heavy atom. The fraction of sp³-hybridized carbons (Fsp3) is 0.192. The third kappa shape index (κ3) is 5.13. The lowest BCUT2D eigenvalue weighted by molar-refractivity contribution is -0.115. The number of thioether (sulfide) groups is 1. The number of hydrogen-bond acceptors (Lipinski definition) is 4. The van der Waals surface area contributed by atoms with Gasteiger partial charge < -0.3 is 4.90 Å². The Morgan fingerprint density at radius 1 is 0.970 bits per heavy atom. The molecule has 168 valence electrons. The van der Waals surface area contributed by atoms with Crippen LogP contribution >= 0.6 is 23.4 Å². The number of carbonyl (C=O) groups is 1. The molecular formula is C26H25ClN4OS. The van der Waals surface area contributed by atoms with Crippen molar-refractivity contribution in [3.63, 3.8) is 0 Å². The maximum absolute atomic E-state index is 12.9. The lowest BCUT2D eigenvalue weighted by atomic mass is 10.0. The highest BCUT2D eigenvalue weighted by Gasteiger charge is 2.21. The van der Waals surface area contributed by atoms with Gasteiger partial charge >= 0.3 is 0 Å². The minimum atomic E-state index is -0.00839. The first kappa shape index (κ1) is 23.1. The van der Waals surface area contributed by atoms with Crippen LogP contribution in [-0.4, -0.2) is 33.5 Å². The number of anilines is 1. The zero-order valence-electron chi connectivity index (χ0n) is 18.8. The van der Waals surface area contributed by atoms with Crippen molar-refractivity contribution in [2.75, 3.05) is 17.7 Å². The molecule has 0 radical (unpaired) electrons. The number of carbonyl (C=O) groups excluding carboxylic acids is 1. The third-order valence-electron chi connectivity index (χ3n) is 5.38. The molecule has 0 unspecified atom stereocenters. The molecule has 0 aliphatic heterocycles. The van der Waals surface area contributed by atoms with E-state index in [2.05, 4.69) is 36.2 Å². The van der Waals surface area contributed by atoms with Crippen LogP contribution in [0.15, 0.2) is 84.0 Å². The number of rotatable bonds is 7. The molecule has 0 aliphatic rings. The quantitative estimate of drug-likeness (QED) is 0.287. The Kier molecular flexibility index (Phi) is 7.16. The maximum Gasteiger partial charge on any atom is 0.237 e. The lowest BCUT2D eigenvalue weighted by Gasteiger charge is -2.18. The summed E-state index contributed by atoms with van der Waals surface area (Å²) in [7, 11) is 1.79. The zero-order valence-corrected chi connectivity index (χ0v) is 20.3. The van der Waals surface area contributed by atoms with Crippen molar-refractivity contribution in [2.24, 2.45) is 0 Å². The van der Waals surface area contributed by atoms with E-state index in [4.69, 9.17) is 11.6 Å². The monoisotopic (exact) mass is 476 g/mol. The average Bonchev–Trinajstić information content (AvgIpc) is 3.26. The Bertz CT molecular complexity index is 1240. The second-order valence-corrected chi connectivity index (χ2v) is 9.32. The molecule has 4 rings (SSSR count). The summed E-state index contributed by atoms with van der Waals surface area (Å²) in [6.45, 7) is 4.33. The van der Waals surface area contributed by atoms with Gasteiger partial charge in [-0.2, -0.15) is 0 Å². The van der Waals surface area contributed by atoms with E-state index < -0.39 is 0 Å². The van der Waals surface area contributed by atoms with Crippen molar-refractivity contribution >= 4 is 35.0 Å². The number of nitrogens with zero attached hydrogens (tertiary/aromatic N) is 4. The molecule has 0 fully saturated rings. The van der Waals surface area contributed by atoms with Crippen LogP contribution in [0.5, 0.6) is 0 Å². The van der Waals surface area contributed by atoms with E-state index in [-0.39, 0.29) is 11.7 Å². The highest BCUT2D eigenvalue weighted by molar-refractivity contribution is 7.99. The number of hydrogen-bond donors (Lipinski definition) is 0. The van der Waals surface area contributed by atoms with Gasteiger partial charge in [0.15, 0.2) is 11.0 Å². The SMILES string of the molecule is CC(C)c1ccccc1-n1c(SCC(=O)N(C)c2ccccc2)nnc1-c1ccc(Cl)cc1. The van der Waals surface area contributed by atoms with E-state index in [0.29, 0.717) is 21.9 Å². The van der Waals surface area contributed by atoms with Crippen LogP contribution in [0.4, 0.5) is 5.69 Å². The van der Waals surface area contributed by atoms with E-state index in [1.54, 1.807) is 11.9 Å². The summed E-state index contributed by atoms with van der Waals surface area (Å²) in [6, 6.07) is 25.4. The van der Waals surface area contributed by atoms with Crippen molar-refractivity contribution in [1.82, 2.24) is 14.8 Å². The van der Waals surface area contributed by atoms with Crippen molar-refractivity contribution < 1.29 is 4.79 Å². The molecule has 1 amide bonds. The van der Waals surface area contributed by atoms with Gasteiger partial charge in [-0.15, -0.1) is 10.2 Å². The standard InChI is InChI=1S/C26H25ClN4OS/c1-18(2)22-11-7-8-12-23(22)31-25(19-13-15-20(27)16-14-19)28-29-26(31)33-17-24(32)30(3)21-9-5-4-6-10-21/h4-16,18H,17H2,1-3H3. The first-order valence-electron chi connectivity index (χ1n) is 10.7. The average molecular weight is 477 g/mol. The minimum absolute atomic E-state index is 0.00839. The molecule has 0 saturated carbocycles. The third-order valence-corrected chi connectivity index (χ3v) is 6.54. The molecule has 1 aromatic heterocycles. The minimum Gasteiger partial charge on any atom is -0.315 e. The largest absolute Gasteiger partial charge is 0.315 e. The van der Waals surface area contributed by atoms with Crippen LogP contribution in [-0.2, 0) is 4.79 Å². The highest BCUT2D eigenvalue weighted by Crippen LogP contribution is 2.32. The first-order chi connectivity index (χ1) is 16.0. The molecule has 0 aliphatic carbocycles. The normalized spacial score (nSPS) is 11.1. The maximum atomic E-state index is 12.9. The summed E-state index contributed by atoms with van der Waals surface area (Å²) in [6.07, 6.45) is 0. The molecule has 0 N–H and O–H groups in total. The summed E-state index contributed by atoms with van der Waals surface area (Å²) in [5.41, 5.74) is 3.96. The number of amides is 1. The Balaban J connectivity index is 1.70. The van der Waals surface area contributed by atoms with Crippen LogP contribution < -0.4 is 4.90 Å². The van der Waals surface area contributed by atoms with Gasteiger partial charge in [0.2, 0.25) is 5.91 Å². The highest BCUT2D eigenvalue weighted by atomic mass is 35.5. The van der Waals surface area contributed by atoms with E-state index in [9.17, 15) is 4.79 Å². The molecule has 4 aromatic rings. The van der Waals surface area contributed by atoms with Crippen LogP contribution in [0, 0.1) is 0 Å². The topological polar surface area (TPSA) is 51.0 Å². The fourth-order valence-electron chi connectivity index (χ4n) is 3.56.